The zero-order valence-electron chi connectivity index (χ0n) is 21.0. The lowest BCUT2D eigenvalue weighted by Crippen LogP contribution is -2.55. The van der Waals surface area contributed by atoms with E-state index in [9.17, 15) is 14.4 Å². The van der Waals surface area contributed by atoms with E-state index in [4.69, 9.17) is 0 Å². The number of nitrogens with one attached hydrogen (secondary N) is 1. The van der Waals surface area contributed by atoms with E-state index in [1.807, 2.05) is 13.8 Å². The van der Waals surface area contributed by atoms with E-state index in [-0.39, 0.29) is 23.6 Å². The SMILES string of the molecule is C=CC1=C(C=C)C(=O)N(C(C(=O)N2CCCC2C(=O)NCc2ccc(C3CCC3)cc2)C(C)C)C1. The molecule has 6 nitrogen and oxygen atoms in total. The lowest BCUT2D eigenvalue weighted by Gasteiger charge is -2.35. The van der Waals surface area contributed by atoms with Crippen LogP contribution in [0.4, 0.5) is 0 Å². The molecule has 1 aliphatic carbocycles. The molecule has 2 aliphatic heterocycles. The molecule has 0 bridgehead atoms. The van der Waals surface area contributed by atoms with Gasteiger partial charge in [-0.05, 0) is 54.2 Å². The lowest BCUT2D eigenvalue weighted by atomic mass is 9.80. The van der Waals surface area contributed by atoms with Crippen LogP contribution in [0.25, 0.3) is 0 Å². The summed E-state index contributed by atoms with van der Waals surface area (Å²) in [5.74, 6) is 0.0940. The second-order valence-electron chi connectivity index (χ2n) is 10.2. The van der Waals surface area contributed by atoms with Crippen LogP contribution in [0.1, 0.15) is 63.0 Å². The maximum Gasteiger partial charge on any atom is 0.255 e. The van der Waals surface area contributed by atoms with Crippen LogP contribution in [0.3, 0.4) is 0 Å². The fourth-order valence-corrected chi connectivity index (χ4v) is 5.46. The molecule has 1 saturated heterocycles. The Kier molecular flexibility index (Phi) is 7.58. The Labute approximate surface area is 208 Å². The van der Waals surface area contributed by atoms with E-state index in [0.717, 1.165) is 17.6 Å². The molecule has 6 heteroatoms. The zero-order chi connectivity index (χ0) is 25.1. The Morgan fingerprint density at radius 1 is 1.09 bits per heavy atom. The molecule has 2 fully saturated rings. The maximum atomic E-state index is 13.7. The number of carbonyl (C=O) groups is 3. The number of carbonyl (C=O) groups excluding carboxylic acids is 3. The highest BCUT2D eigenvalue weighted by molar-refractivity contribution is 6.03. The van der Waals surface area contributed by atoms with Gasteiger partial charge in [-0.2, -0.15) is 0 Å². The van der Waals surface area contributed by atoms with Crippen molar-refractivity contribution in [1.29, 1.82) is 0 Å². The van der Waals surface area contributed by atoms with Crippen molar-refractivity contribution >= 4 is 17.7 Å². The van der Waals surface area contributed by atoms with Crippen molar-refractivity contribution in [3.05, 3.63) is 71.8 Å². The summed E-state index contributed by atoms with van der Waals surface area (Å²) in [7, 11) is 0. The Morgan fingerprint density at radius 3 is 2.34 bits per heavy atom. The molecule has 186 valence electrons. The molecule has 0 radical (unpaired) electrons. The molecule has 3 amide bonds. The van der Waals surface area contributed by atoms with Crippen LogP contribution >= 0.6 is 0 Å². The third kappa shape index (κ3) is 4.97. The van der Waals surface area contributed by atoms with Gasteiger partial charge in [0.2, 0.25) is 11.8 Å². The first kappa shape index (κ1) is 25.0. The van der Waals surface area contributed by atoms with Gasteiger partial charge in [0.05, 0.1) is 0 Å². The second-order valence-corrected chi connectivity index (χ2v) is 10.2. The summed E-state index contributed by atoms with van der Waals surface area (Å²) in [6, 6.07) is 7.35. The van der Waals surface area contributed by atoms with Crippen molar-refractivity contribution in [1.82, 2.24) is 15.1 Å². The molecule has 1 saturated carbocycles. The maximum absolute atomic E-state index is 13.7. The third-order valence-electron chi connectivity index (χ3n) is 7.71. The van der Waals surface area contributed by atoms with Crippen molar-refractivity contribution in [3.8, 4) is 0 Å². The van der Waals surface area contributed by atoms with Crippen LogP contribution in [-0.2, 0) is 20.9 Å². The van der Waals surface area contributed by atoms with Gasteiger partial charge < -0.3 is 15.1 Å². The van der Waals surface area contributed by atoms with Crippen molar-refractivity contribution in [3.63, 3.8) is 0 Å². The highest BCUT2D eigenvalue weighted by atomic mass is 16.2. The minimum Gasteiger partial charge on any atom is -0.350 e. The summed E-state index contributed by atoms with van der Waals surface area (Å²) in [5, 5.41) is 3.03. The van der Waals surface area contributed by atoms with Gasteiger partial charge in [-0.3, -0.25) is 14.4 Å². The quantitative estimate of drug-likeness (QED) is 0.585. The molecule has 2 atom stereocenters. The summed E-state index contributed by atoms with van der Waals surface area (Å²) in [4.78, 5) is 43.2. The highest BCUT2D eigenvalue weighted by Gasteiger charge is 2.43. The Bertz CT molecular complexity index is 1040. The van der Waals surface area contributed by atoms with Gasteiger partial charge in [0, 0.05) is 25.2 Å². The van der Waals surface area contributed by atoms with E-state index in [1.165, 1.54) is 30.9 Å². The number of amides is 3. The summed E-state index contributed by atoms with van der Waals surface area (Å²) in [6.07, 6.45) is 8.43. The van der Waals surface area contributed by atoms with Gasteiger partial charge in [-0.1, -0.05) is 69.8 Å². The first-order valence-electron chi connectivity index (χ1n) is 12.8. The minimum atomic E-state index is -0.637. The summed E-state index contributed by atoms with van der Waals surface area (Å²) in [6.45, 7) is 12.7. The van der Waals surface area contributed by atoms with Crippen LogP contribution in [0, 0.1) is 5.92 Å². The fourth-order valence-electron chi connectivity index (χ4n) is 5.46. The average Bonchev–Trinajstić information content (AvgIpc) is 3.42. The summed E-state index contributed by atoms with van der Waals surface area (Å²) < 4.78 is 0. The van der Waals surface area contributed by atoms with Gasteiger partial charge in [0.15, 0.2) is 0 Å². The normalized spacial score (nSPS) is 21.3. The smallest absolute Gasteiger partial charge is 0.255 e. The Balaban J connectivity index is 1.41. The number of rotatable bonds is 9. The standard InChI is InChI=1S/C29H37N3O3/c1-5-21-18-32(28(34)24(21)6-2)26(19(3)4)29(35)31-16-8-11-25(31)27(33)30-17-20-12-14-23(15-13-20)22-9-7-10-22/h5-6,12-15,19,22,25-26H,1-2,7-11,16-18H2,3-4H3,(H,30,33). The fraction of sp³-hybridized carbons (Fsp3) is 0.483. The van der Waals surface area contributed by atoms with E-state index in [2.05, 4.69) is 42.7 Å². The zero-order valence-corrected chi connectivity index (χ0v) is 21.0. The summed E-state index contributed by atoms with van der Waals surface area (Å²) in [5.41, 5.74) is 3.71. The van der Waals surface area contributed by atoms with Gasteiger partial charge in [-0.15, -0.1) is 0 Å². The third-order valence-corrected chi connectivity index (χ3v) is 7.71. The predicted molar refractivity (Wildman–Crippen MR) is 137 cm³/mol. The average molecular weight is 476 g/mol. The number of benzene rings is 1. The van der Waals surface area contributed by atoms with E-state index < -0.39 is 12.1 Å². The minimum absolute atomic E-state index is 0.0971. The Hall–Kier alpha value is -3.15. The number of likely N-dealkylation sites (tertiary alicyclic amines) is 1. The molecule has 1 aromatic rings. The van der Waals surface area contributed by atoms with Crippen LogP contribution in [-0.4, -0.2) is 52.7 Å². The number of nitrogens with zero attached hydrogens (tertiary/aromatic N) is 2. The summed E-state index contributed by atoms with van der Waals surface area (Å²) >= 11 is 0. The first-order valence-corrected chi connectivity index (χ1v) is 12.8. The molecule has 2 unspecified atom stereocenters. The van der Waals surface area contributed by atoms with Crippen LogP contribution in [0.5, 0.6) is 0 Å². The van der Waals surface area contributed by atoms with Crippen LogP contribution in [0.15, 0.2) is 60.7 Å². The molecule has 4 rings (SSSR count). The molecular formula is C29H37N3O3. The highest BCUT2D eigenvalue weighted by Crippen LogP contribution is 2.36. The van der Waals surface area contributed by atoms with Gasteiger partial charge in [0.1, 0.15) is 12.1 Å². The van der Waals surface area contributed by atoms with Crippen LogP contribution < -0.4 is 5.32 Å². The van der Waals surface area contributed by atoms with Crippen molar-refractivity contribution in [2.24, 2.45) is 5.92 Å². The second kappa shape index (κ2) is 10.6. The monoisotopic (exact) mass is 475 g/mol. The van der Waals surface area contributed by atoms with Gasteiger partial charge in [-0.25, -0.2) is 0 Å². The van der Waals surface area contributed by atoms with Crippen molar-refractivity contribution in [2.45, 2.75) is 70.5 Å². The lowest BCUT2D eigenvalue weighted by molar-refractivity contribution is -0.147. The molecule has 0 spiro atoms. The van der Waals surface area contributed by atoms with Gasteiger partial charge >= 0.3 is 0 Å². The molecule has 1 aromatic carbocycles. The molecule has 1 N–H and O–H groups in total. The molecule has 3 aliphatic rings. The van der Waals surface area contributed by atoms with Crippen molar-refractivity contribution < 1.29 is 14.4 Å². The van der Waals surface area contributed by atoms with Gasteiger partial charge in [0.25, 0.3) is 5.91 Å². The van der Waals surface area contributed by atoms with E-state index >= 15 is 0 Å². The van der Waals surface area contributed by atoms with Crippen molar-refractivity contribution in [2.75, 3.05) is 13.1 Å². The predicted octanol–water partition coefficient (Wildman–Crippen LogP) is 4.10. The molecular weight excluding hydrogens is 438 g/mol. The molecule has 0 aromatic heterocycles. The van der Waals surface area contributed by atoms with E-state index in [0.29, 0.717) is 37.5 Å². The van der Waals surface area contributed by atoms with E-state index in [1.54, 1.807) is 15.9 Å². The Morgan fingerprint density at radius 2 is 1.80 bits per heavy atom. The number of hydrogen-bond donors (Lipinski definition) is 1. The molecule has 35 heavy (non-hydrogen) atoms. The van der Waals surface area contributed by atoms with Crippen LogP contribution in [0.2, 0.25) is 0 Å². The topological polar surface area (TPSA) is 69.7 Å². The largest absolute Gasteiger partial charge is 0.350 e. The number of hydrogen-bond acceptors (Lipinski definition) is 3. The first-order chi connectivity index (χ1) is 16.8. The molecule has 2 heterocycles.